The maximum atomic E-state index is 12.4. The molecule has 144 valence electrons. The Labute approximate surface area is 162 Å². The third-order valence-corrected chi connectivity index (χ3v) is 4.41. The van der Waals surface area contributed by atoms with Crippen molar-refractivity contribution in [3.8, 4) is 22.7 Å². The van der Waals surface area contributed by atoms with Gasteiger partial charge in [0.1, 0.15) is 5.75 Å². The van der Waals surface area contributed by atoms with E-state index in [2.05, 4.69) is 0 Å². The molecule has 0 radical (unpaired) electrons. The van der Waals surface area contributed by atoms with Crippen molar-refractivity contribution in [1.29, 1.82) is 0 Å². The monoisotopic (exact) mass is 380 g/mol. The lowest BCUT2D eigenvalue weighted by molar-refractivity contribution is -0.384. The van der Waals surface area contributed by atoms with Gasteiger partial charge < -0.3 is 14.0 Å². The molecule has 7 heteroatoms. The van der Waals surface area contributed by atoms with Crippen LogP contribution in [-0.4, -0.2) is 29.2 Å². The maximum Gasteiger partial charge on any atom is 0.339 e. The van der Waals surface area contributed by atoms with Crippen molar-refractivity contribution in [2.24, 2.45) is 0 Å². The molecule has 0 N–H and O–H groups in total. The minimum absolute atomic E-state index is 0.0220. The fourth-order valence-corrected chi connectivity index (χ4v) is 3.10. The Balaban J connectivity index is 2.25. The standard InChI is InChI=1S/C21H20N2O5/c1-4-28-21(24)19-13-20(15-7-5-9-17(11-15)23(25)26)22(14(19)2)16-8-6-10-18(12-16)27-3/h5-13H,4H2,1-3H3. The number of hydrogen-bond acceptors (Lipinski definition) is 5. The molecule has 0 fully saturated rings. The Bertz CT molecular complexity index is 1040. The van der Waals surface area contributed by atoms with Gasteiger partial charge in [0.25, 0.3) is 5.69 Å². The van der Waals surface area contributed by atoms with E-state index in [0.29, 0.717) is 28.3 Å². The number of benzene rings is 2. The Morgan fingerprint density at radius 3 is 2.57 bits per heavy atom. The summed E-state index contributed by atoms with van der Waals surface area (Å²) in [6.07, 6.45) is 0. The van der Waals surface area contributed by atoms with E-state index < -0.39 is 10.9 Å². The molecule has 0 amide bonds. The Morgan fingerprint density at radius 2 is 1.89 bits per heavy atom. The van der Waals surface area contributed by atoms with E-state index in [-0.39, 0.29) is 12.3 Å². The number of ether oxygens (including phenoxy) is 2. The smallest absolute Gasteiger partial charge is 0.339 e. The number of hydrogen-bond donors (Lipinski definition) is 0. The van der Waals surface area contributed by atoms with Crippen LogP contribution in [0.1, 0.15) is 23.0 Å². The number of nitro groups is 1. The first-order valence-corrected chi connectivity index (χ1v) is 8.75. The van der Waals surface area contributed by atoms with Gasteiger partial charge in [0.05, 0.1) is 29.9 Å². The molecule has 0 bridgehead atoms. The van der Waals surface area contributed by atoms with E-state index in [1.54, 1.807) is 32.2 Å². The van der Waals surface area contributed by atoms with Crippen LogP contribution in [0.15, 0.2) is 54.6 Å². The van der Waals surface area contributed by atoms with Crippen LogP contribution in [0.4, 0.5) is 5.69 Å². The second-order valence-corrected chi connectivity index (χ2v) is 6.09. The fraction of sp³-hybridized carbons (Fsp3) is 0.190. The van der Waals surface area contributed by atoms with Gasteiger partial charge in [-0.15, -0.1) is 0 Å². The third-order valence-electron chi connectivity index (χ3n) is 4.41. The first-order chi connectivity index (χ1) is 13.5. The molecule has 2 aromatic carbocycles. The molecule has 0 aliphatic rings. The number of nitrogens with zero attached hydrogens (tertiary/aromatic N) is 2. The van der Waals surface area contributed by atoms with Crippen molar-refractivity contribution in [2.45, 2.75) is 13.8 Å². The minimum atomic E-state index is -0.443. The topological polar surface area (TPSA) is 83.6 Å². The molecule has 0 saturated heterocycles. The molecular weight excluding hydrogens is 360 g/mol. The Hall–Kier alpha value is -3.61. The summed E-state index contributed by atoms with van der Waals surface area (Å²) in [6.45, 7) is 3.81. The molecule has 7 nitrogen and oxygen atoms in total. The van der Waals surface area contributed by atoms with Crippen molar-refractivity contribution in [3.05, 3.63) is 76.0 Å². The van der Waals surface area contributed by atoms with Crippen LogP contribution >= 0.6 is 0 Å². The molecule has 1 aromatic heterocycles. The summed E-state index contributed by atoms with van der Waals surface area (Å²) < 4.78 is 12.4. The highest BCUT2D eigenvalue weighted by molar-refractivity contribution is 5.93. The van der Waals surface area contributed by atoms with Crippen LogP contribution in [0, 0.1) is 17.0 Å². The molecule has 3 aromatic rings. The van der Waals surface area contributed by atoms with Crippen LogP contribution in [0.5, 0.6) is 5.75 Å². The first kappa shape index (κ1) is 19.2. The number of aromatic nitrogens is 1. The van der Waals surface area contributed by atoms with E-state index in [0.717, 1.165) is 5.69 Å². The molecular formula is C21H20N2O5. The van der Waals surface area contributed by atoms with Crippen LogP contribution in [0.2, 0.25) is 0 Å². The average Bonchev–Trinajstić information content (AvgIpc) is 3.05. The van der Waals surface area contributed by atoms with Crippen LogP contribution in [-0.2, 0) is 4.74 Å². The second kappa shape index (κ2) is 7.96. The molecule has 3 rings (SSSR count). The van der Waals surface area contributed by atoms with Gasteiger partial charge >= 0.3 is 5.97 Å². The SMILES string of the molecule is CCOC(=O)c1cc(-c2cccc([N+](=O)[O-])c2)n(-c2cccc(OC)c2)c1C. The summed E-state index contributed by atoms with van der Waals surface area (Å²) in [5.74, 6) is 0.224. The quantitative estimate of drug-likeness (QED) is 0.356. The second-order valence-electron chi connectivity index (χ2n) is 6.09. The van der Waals surface area contributed by atoms with E-state index in [4.69, 9.17) is 9.47 Å². The lowest BCUT2D eigenvalue weighted by Crippen LogP contribution is -2.07. The predicted octanol–water partition coefficient (Wildman–Crippen LogP) is 4.55. The van der Waals surface area contributed by atoms with Gasteiger partial charge in [0.15, 0.2) is 0 Å². The third kappa shape index (κ3) is 3.59. The van der Waals surface area contributed by atoms with E-state index in [1.165, 1.54) is 12.1 Å². The van der Waals surface area contributed by atoms with E-state index in [9.17, 15) is 14.9 Å². The number of methoxy groups -OCH3 is 1. The van der Waals surface area contributed by atoms with Crippen LogP contribution < -0.4 is 4.74 Å². The molecule has 0 aliphatic carbocycles. The van der Waals surface area contributed by atoms with Crippen LogP contribution in [0.25, 0.3) is 16.9 Å². The average molecular weight is 380 g/mol. The van der Waals surface area contributed by atoms with Gasteiger partial charge in [-0.05, 0) is 32.0 Å². The van der Waals surface area contributed by atoms with Crippen molar-refractivity contribution in [1.82, 2.24) is 4.57 Å². The lowest BCUT2D eigenvalue weighted by atomic mass is 10.1. The normalized spacial score (nSPS) is 10.5. The summed E-state index contributed by atoms with van der Waals surface area (Å²) >= 11 is 0. The van der Waals surface area contributed by atoms with Gasteiger partial charge in [-0.25, -0.2) is 4.79 Å². The molecule has 0 atom stereocenters. The molecule has 0 aliphatic heterocycles. The Morgan fingerprint density at radius 1 is 1.14 bits per heavy atom. The number of non-ortho nitro benzene ring substituents is 1. The summed E-state index contributed by atoms with van der Waals surface area (Å²) in [5, 5.41) is 11.2. The maximum absolute atomic E-state index is 12.4. The molecule has 0 spiro atoms. The number of carbonyl (C=O) groups is 1. The van der Waals surface area contributed by atoms with Crippen molar-refractivity contribution in [3.63, 3.8) is 0 Å². The largest absolute Gasteiger partial charge is 0.497 e. The van der Waals surface area contributed by atoms with Crippen molar-refractivity contribution >= 4 is 11.7 Å². The lowest BCUT2D eigenvalue weighted by Gasteiger charge is -2.13. The fourth-order valence-electron chi connectivity index (χ4n) is 3.10. The van der Waals surface area contributed by atoms with E-state index >= 15 is 0 Å². The summed E-state index contributed by atoms with van der Waals surface area (Å²) in [6, 6.07) is 15.4. The highest BCUT2D eigenvalue weighted by atomic mass is 16.6. The van der Waals surface area contributed by atoms with Gasteiger partial charge in [-0.3, -0.25) is 10.1 Å². The molecule has 28 heavy (non-hydrogen) atoms. The summed E-state index contributed by atoms with van der Waals surface area (Å²) in [5.41, 5.74) is 3.10. The summed E-state index contributed by atoms with van der Waals surface area (Å²) in [4.78, 5) is 23.2. The predicted molar refractivity (Wildman–Crippen MR) is 105 cm³/mol. The van der Waals surface area contributed by atoms with Crippen molar-refractivity contribution < 1.29 is 19.2 Å². The molecule has 1 heterocycles. The zero-order chi connectivity index (χ0) is 20.3. The molecule has 0 unspecified atom stereocenters. The highest BCUT2D eigenvalue weighted by Gasteiger charge is 2.21. The van der Waals surface area contributed by atoms with Crippen molar-refractivity contribution in [2.75, 3.05) is 13.7 Å². The highest BCUT2D eigenvalue weighted by Crippen LogP contribution is 2.32. The first-order valence-electron chi connectivity index (χ1n) is 8.75. The van der Waals surface area contributed by atoms with Gasteiger partial charge in [-0.1, -0.05) is 18.2 Å². The zero-order valence-corrected chi connectivity index (χ0v) is 15.8. The number of nitro benzene ring substituents is 1. The Kier molecular flexibility index (Phi) is 5.44. The van der Waals surface area contributed by atoms with Crippen LogP contribution in [0.3, 0.4) is 0 Å². The van der Waals surface area contributed by atoms with Gasteiger partial charge in [-0.2, -0.15) is 0 Å². The zero-order valence-electron chi connectivity index (χ0n) is 15.8. The number of rotatable bonds is 6. The van der Waals surface area contributed by atoms with Gasteiger partial charge in [0.2, 0.25) is 0 Å². The number of esters is 1. The molecule has 0 saturated carbocycles. The number of carbonyl (C=O) groups excluding carboxylic acids is 1. The van der Waals surface area contributed by atoms with Gasteiger partial charge in [0, 0.05) is 35.1 Å². The minimum Gasteiger partial charge on any atom is -0.497 e. The summed E-state index contributed by atoms with van der Waals surface area (Å²) in [7, 11) is 1.58. The van der Waals surface area contributed by atoms with E-state index in [1.807, 2.05) is 35.8 Å².